The molecule has 19 heavy (non-hydrogen) atoms. The van der Waals surface area contributed by atoms with E-state index in [2.05, 4.69) is 21.7 Å². The van der Waals surface area contributed by atoms with Crippen LogP contribution in [0.4, 0.5) is 0 Å². The summed E-state index contributed by atoms with van der Waals surface area (Å²) in [5.41, 5.74) is 1.66. The zero-order valence-electron chi connectivity index (χ0n) is 11.1. The lowest BCUT2D eigenvalue weighted by molar-refractivity contribution is -0.132. The number of nitrogens with zero attached hydrogens (tertiary/aromatic N) is 1. The molecule has 0 bridgehead atoms. The van der Waals surface area contributed by atoms with Crippen LogP contribution in [0, 0.1) is 5.41 Å². The number of thiophene rings is 1. The number of halogens is 1. The summed E-state index contributed by atoms with van der Waals surface area (Å²) in [7, 11) is 0. The molecule has 0 aromatic carbocycles. The van der Waals surface area contributed by atoms with Gasteiger partial charge in [-0.3, -0.25) is 4.79 Å². The molecule has 1 spiro atoms. The van der Waals surface area contributed by atoms with Gasteiger partial charge in [0.2, 0.25) is 5.91 Å². The maximum absolute atomic E-state index is 12.2. The molecule has 3 heterocycles. The normalized spacial score (nSPS) is 21.4. The van der Waals surface area contributed by atoms with Gasteiger partial charge in [-0.25, -0.2) is 0 Å². The Morgan fingerprint density at radius 2 is 2.16 bits per heavy atom. The Morgan fingerprint density at radius 3 is 2.74 bits per heavy atom. The second-order valence-corrected chi connectivity index (χ2v) is 6.40. The topological polar surface area (TPSA) is 32.3 Å². The van der Waals surface area contributed by atoms with E-state index in [1.165, 1.54) is 19.3 Å². The summed E-state index contributed by atoms with van der Waals surface area (Å²) < 4.78 is 0. The predicted octanol–water partition coefficient (Wildman–Crippen LogP) is 2.31. The second kappa shape index (κ2) is 6.25. The van der Waals surface area contributed by atoms with Gasteiger partial charge in [-0.2, -0.15) is 11.3 Å². The number of piperidine rings is 1. The van der Waals surface area contributed by atoms with Gasteiger partial charge >= 0.3 is 0 Å². The minimum absolute atomic E-state index is 0. The maximum Gasteiger partial charge on any atom is 0.227 e. The molecular weight excluding hydrogens is 280 g/mol. The Bertz CT molecular complexity index is 405. The summed E-state index contributed by atoms with van der Waals surface area (Å²) in [6.45, 7) is 4.21. The molecule has 0 aliphatic carbocycles. The Kier molecular flexibility index (Phi) is 4.87. The molecule has 2 aliphatic heterocycles. The van der Waals surface area contributed by atoms with Crippen molar-refractivity contribution in [1.29, 1.82) is 0 Å². The fourth-order valence-electron chi connectivity index (χ4n) is 3.13. The number of rotatable bonds is 2. The van der Waals surface area contributed by atoms with Crippen molar-refractivity contribution in [1.82, 2.24) is 10.2 Å². The van der Waals surface area contributed by atoms with Gasteiger partial charge in [0.05, 0.1) is 6.42 Å². The highest BCUT2D eigenvalue weighted by atomic mass is 35.5. The Morgan fingerprint density at radius 1 is 1.37 bits per heavy atom. The molecule has 0 unspecified atom stereocenters. The highest BCUT2D eigenvalue weighted by Crippen LogP contribution is 2.36. The molecule has 1 N–H and O–H groups in total. The van der Waals surface area contributed by atoms with Gasteiger partial charge in [0, 0.05) is 19.6 Å². The largest absolute Gasteiger partial charge is 0.342 e. The Labute approximate surface area is 124 Å². The smallest absolute Gasteiger partial charge is 0.227 e. The van der Waals surface area contributed by atoms with E-state index in [1.807, 2.05) is 5.38 Å². The van der Waals surface area contributed by atoms with Gasteiger partial charge < -0.3 is 10.2 Å². The van der Waals surface area contributed by atoms with E-state index in [0.29, 0.717) is 17.7 Å². The van der Waals surface area contributed by atoms with Crippen molar-refractivity contribution < 1.29 is 4.79 Å². The van der Waals surface area contributed by atoms with Crippen LogP contribution in [0.1, 0.15) is 24.8 Å². The van der Waals surface area contributed by atoms with Crippen LogP contribution in [-0.4, -0.2) is 37.0 Å². The van der Waals surface area contributed by atoms with E-state index in [-0.39, 0.29) is 12.4 Å². The van der Waals surface area contributed by atoms with Crippen molar-refractivity contribution in [3.63, 3.8) is 0 Å². The quantitative estimate of drug-likeness (QED) is 0.909. The third-order valence-electron chi connectivity index (χ3n) is 4.44. The van der Waals surface area contributed by atoms with Crippen LogP contribution in [-0.2, 0) is 11.2 Å². The summed E-state index contributed by atoms with van der Waals surface area (Å²) in [4.78, 5) is 14.2. The number of carbonyl (C=O) groups is 1. The number of hydrogen-bond acceptors (Lipinski definition) is 3. The zero-order valence-corrected chi connectivity index (χ0v) is 12.7. The number of carbonyl (C=O) groups excluding carboxylic acids is 1. The first kappa shape index (κ1) is 14.8. The third kappa shape index (κ3) is 3.30. The fourth-order valence-corrected chi connectivity index (χ4v) is 3.80. The van der Waals surface area contributed by atoms with Crippen LogP contribution >= 0.6 is 23.7 Å². The van der Waals surface area contributed by atoms with E-state index >= 15 is 0 Å². The molecule has 3 rings (SSSR count). The second-order valence-electron chi connectivity index (χ2n) is 5.62. The van der Waals surface area contributed by atoms with E-state index in [1.54, 1.807) is 11.3 Å². The van der Waals surface area contributed by atoms with Crippen LogP contribution in [0.3, 0.4) is 0 Å². The molecule has 1 aromatic heterocycles. The van der Waals surface area contributed by atoms with Gasteiger partial charge in [0.25, 0.3) is 0 Å². The van der Waals surface area contributed by atoms with Gasteiger partial charge in [-0.05, 0) is 53.6 Å². The average Bonchev–Trinajstić information content (AvgIpc) is 3.03. The van der Waals surface area contributed by atoms with Gasteiger partial charge in [-0.1, -0.05) is 0 Å². The maximum atomic E-state index is 12.2. The SMILES string of the molecule is Cl.O=C(Cc1ccsc1)N1CCC2(CCNC2)CC1. The van der Waals surface area contributed by atoms with E-state index in [9.17, 15) is 4.79 Å². The number of likely N-dealkylation sites (tertiary alicyclic amines) is 1. The summed E-state index contributed by atoms with van der Waals surface area (Å²) in [5.74, 6) is 0.300. The molecule has 0 atom stereocenters. The summed E-state index contributed by atoms with van der Waals surface area (Å²) >= 11 is 1.66. The van der Waals surface area contributed by atoms with E-state index < -0.39 is 0 Å². The number of hydrogen-bond donors (Lipinski definition) is 1. The molecular formula is C14H21ClN2OS. The van der Waals surface area contributed by atoms with Crippen LogP contribution in [0.2, 0.25) is 0 Å². The lowest BCUT2D eigenvalue weighted by atomic mass is 9.78. The lowest BCUT2D eigenvalue weighted by Crippen LogP contribution is -2.44. The van der Waals surface area contributed by atoms with E-state index in [0.717, 1.165) is 31.7 Å². The highest BCUT2D eigenvalue weighted by Gasteiger charge is 2.37. The number of amides is 1. The van der Waals surface area contributed by atoms with Gasteiger partial charge in [0.15, 0.2) is 0 Å². The zero-order chi connectivity index (χ0) is 12.4. The first-order valence-electron chi connectivity index (χ1n) is 6.77. The molecule has 3 nitrogen and oxygen atoms in total. The molecule has 0 radical (unpaired) electrons. The van der Waals surface area contributed by atoms with Crippen molar-refractivity contribution in [3.8, 4) is 0 Å². The number of nitrogens with one attached hydrogen (secondary N) is 1. The van der Waals surface area contributed by atoms with Gasteiger partial charge in [0.1, 0.15) is 0 Å². The molecule has 2 saturated heterocycles. The van der Waals surface area contributed by atoms with Crippen LogP contribution < -0.4 is 5.32 Å². The molecule has 1 amide bonds. The monoisotopic (exact) mass is 300 g/mol. The molecule has 2 fully saturated rings. The standard InChI is InChI=1S/C14H20N2OS.ClH/c17-13(9-12-1-8-18-10-12)16-6-3-14(4-7-16)2-5-15-11-14;/h1,8,10,15H,2-7,9,11H2;1H. The van der Waals surface area contributed by atoms with Crippen LogP contribution in [0.25, 0.3) is 0 Å². The summed E-state index contributed by atoms with van der Waals surface area (Å²) in [6.07, 6.45) is 4.22. The molecule has 2 aliphatic rings. The highest BCUT2D eigenvalue weighted by molar-refractivity contribution is 7.07. The van der Waals surface area contributed by atoms with Crippen LogP contribution in [0.5, 0.6) is 0 Å². The minimum Gasteiger partial charge on any atom is -0.342 e. The van der Waals surface area contributed by atoms with Crippen LogP contribution in [0.15, 0.2) is 16.8 Å². The average molecular weight is 301 g/mol. The lowest BCUT2D eigenvalue weighted by Gasteiger charge is -2.38. The molecule has 5 heteroatoms. The van der Waals surface area contributed by atoms with Crippen molar-refractivity contribution in [2.75, 3.05) is 26.2 Å². The molecule has 0 saturated carbocycles. The predicted molar refractivity (Wildman–Crippen MR) is 81.0 cm³/mol. The summed E-state index contributed by atoms with van der Waals surface area (Å²) in [5, 5.41) is 7.57. The summed E-state index contributed by atoms with van der Waals surface area (Å²) in [6, 6.07) is 2.05. The third-order valence-corrected chi connectivity index (χ3v) is 5.18. The van der Waals surface area contributed by atoms with Crippen molar-refractivity contribution in [2.24, 2.45) is 5.41 Å². The first-order valence-corrected chi connectivity index (χ1v) is 7.71. The minimum atomic E-state index is 0. The fraction of sp³-hybridized carbons (Fsp3) is 0.643. The molecule has 1 aromatic rings. The van der Waals surface area contributed by atoms with Crippen molar-refractivity contribution in [3.05, 3.63) is 22.4 Å². The Balaban J connectivity index is 0.00000133. The van der Waals surface area contributed by atoms with E-state index in [4.69, 9.17) is 0 Å². The molecule has 106 valence electrons. The van der Waals surface area contributed by atoms with Gasteiger partial charge in [-0.15, -0.1) is 12.4 Å². The van der Waals surface area contributed by atoms with Crippen molar-refractivity contribution >= 4 is 29.7 Å². The Hall–Kier alpha value is -0.580. The van der Waals surface area contributed by atoms with Crippen molar-refractivity contribution in [2.45, 2.75) is 25.7 Å². The first-order chi connectivity index (χ1) is 8.77.